The third-order valence-corrected chi connectivity index (χ3v) is 2.58. The Hall–Kier alpha value is -0.870. The second-order valence-electron chi connectivity index (χ2n) is 2.95. The molecule has 1 atom stereocenters. The molecule has 0 aromatic carbocycles. The predicted molar refractivity (Wildman–Crippen MR) is 52.7 cm³/mol. The molecule has 0 aliphatic heterocycles. The Balaban J connectivity index is 2.26. The Labute approximate surface area is 81.2 Å². The van der Waals surface area contributed by atoms with Crippen molar-refractivity contribution in [2.75, 3.05) is 0 Å². The molecule has 4 heteroatoms. The highest BCUT2D eigenvalue weighted by Gasteiger charge is 2.06. The highest BCUT2D eigenvalue weighted by molar-refractivity contribution is 7.07. The third-order valence-electron chi connectivity index (χ3n) is 1.88. The predicted octanol–water partition coefficient (Wildman–Crippen LogP) is 2.00. The number of nitrogens with two attached hydrogens (primary N) is 1. The van der Waals surface area contributed by atoms with Crippen LogP contribution in [0.15, 0.2) is 16.8 Å². The maximum absolute atomic E-state index is 10.2. The summed E-state index contributed by atoms with van der Waals surface area (Å²) in [5.74, 6) is -0.752. The van der Waals surface area contributed by atoms with Gasteiger partial charge in [-0.15, -0.1) is 0 Å². The molecule has 3 nitrogen and oxygen atoms in total. The molecule has 1 rings (SSSR count). The Morgan fingerprint density at radius 2 is 2.46 bits per heavy atom. The molecule has 0 saturated carbocycles. The molecule has 1 aromatic heterocycles. The fourth-order valence-corrected chi connectivity index (χ4v) is 1.85. The molecule has 0 unspecified atom stereocenters. The molecule has 0 aliphatic rings. The summed E-state index contributed by atoms with van der Waals surface area (Å²) in [4.78, 5) is 10.2. The van der Waals surface area contributed by atoms with Crippen LogP contribution in [0.2, 0.25) is 0 Å². The first-order chi connectivity index (χ1) is 6.20. The van der Waals surface area contributed by atoms with E-state index in [1.165, 1.54) is 0 Å². The quantitative estimate of drug-likeness (QED) is 0.762. The molecule has 0 amide bonds. The van der Waals surface area contributed by atoms with E-state index in [1.807, 2.05) is 16.8 Å². The largest absolute Gasteiger partial charge is 0.481 e. The lowest BCUT2D eigenvalue weighted by Gasteiger charge is -2.07. The summed E-state index contributed by atoms with van der Waals surface area (Å²) in [6.07, 6.45) is 1.59. The second-order valence-corrected chi connectivity index (χ2v) is 3.73. The fraction of sp³-hybridized carbons (Fsp3) is 0.444. The smallest absolute Gasteiger partial charge is 0.303 e. The van der Waals surface area contributed by atoms with Crippen molar-refractivity contribution >= 4 is 17.3 Å². The number of hydrogen-bond donors (Lipinski definition) is 2. The summed E-state index contributed by atoms with van der Waals surface area (Å²) in [7, 11) is 0. The summed E-state index contributed by atoms with van der Waals surface area (Å²) in [6, 6.07) is 1.97. The molecular formula is C9H13NO2S. The van der Waals surface area contributed by atoms with Gasteiger partial charge in [-0.25, -0.2) is 0 Å². The van der Waals surface area contributed by atoms with Crippen LogP contribution in [-0.4, -0.2) is 11.1 Å². The Morgan fingerprint density at radius 1 is 1.69 bits per heavy atom. The van der Waals surface area contributed by atoms with Crippen LogP contribution in [0, 0.1) is 0 Å². The molecule has 0 fully saturated rings. The molecule has 0 spiro atoms. The number of thiophene rings is 1. The lowest BCUT2D eigenvalue weighted by molar-refractivity contribution is -0.137. The maximum atomic E-state index is 10.2. The molecule has 0 aliphatic carbocycles. The van der Waals surface area contributed by atoms with E-state index >= 15 is 0 Å². The van der Waals surface area contributed by atoms with Crippen molar-refractivity contribution in [2.24, 2.45) is 5.73 Å². The van der Waals surface area contributed by atoms with Crippen molar-refractivity contribution in [2.45, 2.75) is 25.3 Å². The Kier molecular flexibility index (Phi) is 3.92. The van der Waals surface area contributed by atoms with E-state index in [0.29, 0.717) is 6.42 Å². The van der Waals surface area contributed by atoms with Crippen LogP contribution < -0.4 is 5.73 Å². The maximum Gasteiger partial charge on any atom is 0.303 e. The molecule has 0 radical (unpaired) electrons. The van der Waals surface area contributed by atoms with Gasteiger partial charge in [0.25, 0.3) is 0 Å². The first-order valence-electron chi connectivity index (χ1n) is 4.19. The van der Waals surface area contributed by atoms with Crippen LogP contribution in [0.4, 0.5) is 0 Å². The van der Waals surface area contributed by atoms with Gasteiger partial charge < -0.3 is 10.8 Å². The van der Waals surface area contributed by atoms with E-state index < -0.39 is 5.97 Å². The lowest BCUT2D eigenvalue weighted by atomic mass is 10.1. The van der Waals surface area contributed by atoms with Gasteiger partial charge in [0.05, 0.1) is 0 Å². The summed E-state index contributed by atoms with van der Waals surface area (Å²) in [5, 5.41) is 12.4. The van der Waals surface area contributed by atoms with Gasteiger partial charge in [0.2, 0.25) is 0 Å². The van der Waals surface area contributed by atoms with Gasteiger partial charge >= 0.3 is 5.97 Å². The summed E-state index contributed by atoms with van der Waals surface area (Å²) in [5.41, 5.74) is 6.95. The van der Waals surface area contributed by atoms with Crippen LogP contribution in [0.1, 0.15) is 30.9 Å². The van der Waals surface area contributed by atoms with Crippen LogP contribution >= 0.6 is 11.3 Å². The average molecular weight is 199 g/mol. The van der Waals surface area contributed by atoms with Gasteiger partial charge in [-0.05, 0) is 35.2 Å². The highest BCUT2D eigenvalue weighted by Crippen LogP contribution is 2.18. The minimum atomic E-state index is -0.752. The van der Waals surface area contributed by atoms with Crippen LogP contribution in [0.3, 0.4) is 0 Å². The van der Waals surface area contributed by atoms with Gasteiger partial charge in [0.1, 0.15) is 0 Å². The standard InChI is InChI=1S/C9H13NO2S/c10-8(2-1-3-9(11)12)7-4-5-13-6-7/h4-6,8H,1-3,10H2,(H,11,12)/t8-/m1/s1. The first-order valence-corrected chi connectivity index (χ1v) is 5.14. The summed E-state index contributed by atoms with van der Waals surface area (Å²) >= 11 is 1.61. The molecule has 72 valence electrons. The van der Waals surface area contributed by atoms with Gasteiger partial charge in [-0.3, -0.25) is 4.79 Å². The zero-order valence-corrected chi connectivity index (χ0v) is 8.09. The number of aliphatic carboxylic acids is 1. The highest BCUT2D eigenvalue weighted by atomic mass is 32.1. The molecule has 1 heterocycles. The van der Waals surface area contributed by atoms with E-state index in [2.05, 4.69) is 0 Å². The van der Waals surface area contributed by atoms with Gasteiger partial charge in [-0.2, -0.15) is 11.3 Å². The van der Waals surface area contributed by atoms with E-state index in [9.17, 15) is 4.79 Å². The molecule has 0 bridgehead atoms. The molecule has 1 aromatic rings. The number of carboxylic acids is 1. The van der Waals surface area contributed by atoms with Crippen molar-refractivity contribution in [1.82, 2.24) is 0 Å². The lowest BCUT2D eigenvalue weighted by Crippen LogP contribution is -2.09. The number of hydrogen-bond acceptors (Lipinski definition) is 3. The Morgan fingerprint density at radius 3 is 3.00 bits per heavy atom. The van der Waals surface area contributed by atoms with Gasteiger partial charge in [0.15, 0.2) is 0 Å². The normalized spacial score (nSPS) is 12.7. The van der Waals surface area contributed by atoms with Crippen LogP contribution in [-0.2, 0) is 4.79 Å². The van der Waals surface area contributed by atoms with Crippen molar-refractivity contribution in [3.63, 3.8) is 0 Å². The fourth-order valence-electron chi connectivity index (χ4n) is 1.13. The summed E-state index contributed by atoms with van der Waals surface area (Å²) < 4.78 is 0. The second kappa shape index (κ2) is 4.99. The minimum absolute atomic E-state index is 0.00870. The van der Waals surface area contributed by atoms with E-state index in [0.717, 1.165) is 12.0 Å². The van der Waals surface area contributed by atoms with Crippen LogP contribution in [0.5, 0.6) is 0 Å². The zero-order chi connectivity index (χ0) is 9.68. The third kappa shape index (κ3) is 3.57. The van der Waals surface area contributed by atoms with E-state index in [4.69, 9.17) is 10.8 Å². The van der Waals surface area contributed by atoms with Gasteiger partial charge in [-0.1, -0.05) is 0 Å². The topological polar surface area (TPSA) is 63.3 Å². The SMILES string of the molecule is N[C@H](CCCC(=O)O)c1ccsc1. The molecular weight excluding hydrogens is 186 g/mol. The number of carbonyl (C=O) groups is 1. The van der Waals surface area contributed by atoms with Crippen molar-refractivity contribution in [3.05, 3.63) is 22.4 Å². The van der Waals surface area contributed by atoms with E-state index in [1.54, 1.807) is 11.3 Å². The van der Waals surface area contributed by atoms with Gasteiger partial charge in [0, 0.05) is 12.5 Å². The molecule has 3 N–H and O–H groups in total. The molecule has 0 saturated heterocycles. The minimum Gasteiger partial charge on any atom is -0.481 e. The monoisotopic (exact) mass is 199 g/mol. The first kappa shape index (κ1) is 10.2. The molecule has 13 heavy (non-hydrogen) atoms. The van der Waals surface area contributed by atoms with Crippen LogP contribution in [0.25, 0.3) is 0 Å². The number of rotatable bonds is 5. The van der Waals surface area contributed by atoms with Crippen molar-refractivity contribution in [1.29, 1.82) is 0 Å². The average Bonchev–Trinajstić information content (AvgIpc) is 2.55. The summed E-state index contributed by atoms with van der Waals surface area (Å²) in [6.45, 7) is 0. The van der Waals surface area contributed by atoms with Crippen molar-refractivity contribution in [3.8, 4) is 0 Å². The Bertz CT molecular complexity index is 259. The van der Waals surface area contributed by atoms with E-state index in [-0.39, 0.29) is 12.5 Å². The zero-order valence-electron chi connectivity index (χ0n) is 7.27. The van der Waals surface area contributed by atoms with Crippen molar-refractivity contribution < 1.29 is 9.90 Å². The number of carboxylic acid groups (broad SMARTS) is 1.